The van der Waals surface area contributed by atoms with Gasteiger partial charge in [0, 0.05) is 30.6 Å². The Morgan fingerprint density at radius 3 is 2.35 bits per heavy atom. The van der Waals surface area contributed by atoms with Gasteiger partial charge in [0.15, 0.2) is 5.82 Å². The molecule has 1 N–H and O–H groups in total. The Balaban J connectivity index is 0.000000339. The van der Waals surface area contributed by atoms with E-state index < -0.39 is 12.1 Å². The molecule has 0 aliphatic carbocycles. The van der Waals surface area contributed by atoms with Gasteiger partial charge in [-0.3, -0.25) is 4.90 Å². The van der Waals surface area contributed by atoms with E-state index in [1.165, 1.54) is 42.9 Å². The minimum atomic E-state index is -5.08. The van der Waals surface area contributed by atoms with Crippen molar-refractivity contribution in [2.24, 2.45) is 0 Å². The van der Waals surface area contributed by atoms with E-state index in [0.29, 0.717) is 5.54 Å². The van der Waals surface area contributed by atoms with Gasteiger partial charge < -0.3 is 10.0 Å². The smallest absolute Gasteiger partial charge is 0.475 e. The van der Waals surface area contributed by atoms with Gasteiger partial charge in [-0.2, -0.15) is 18.3 Å². The van der Waals surface area contributed by atoms with E-state index in [1.54, 1.807) is 11.3 Å². The lowest BCUT2D eigenvalue weighted by atomic mass is 9.85. The quantitative estimate of drug-likeness (QED) is 0.750. The van der Waals surface area contributed by atoms with Crippen LogP contribution in [0.1, 0.15) is 42.1 Å². The fourth-order valence-electron chi connectivity index (χ4n) is 4.20. The third-order valence-corrected chi connectivity index (χ3v) is 6.63. The Bertz CT molecular complexity index is 880. The van der Waals surface area contributed by atoms with Crippen LogP contribution < -0.4 is 4.90 Å². The standard InChI is InChI=1S/C18H25N5S.C2HF3O2/c1-14-4-5-17(21-20-14)22-10-7-18(8-11-22)6-3-9-23(18)12-16-13-24-15(2)19-16;3-2(4,5)1(6)7/h4-5,13H,3,6-12H2,1-2H3;(H,6,7). The zero-order chi connectivity index (χ0) is 22.6. The topological polar surface area (TPSA) is 82.5 Å². The highest BCUT2D eigenvalue weighted by Crippen LogP contribution is 2.40. The number of thiazole rings is 1. The average molecular weight is 458 g/mol. The fourth-order valence-corrected chi connectivity index (χ4v) is 4.80. The Labute approximate surface area is 182 Å². The molecule has 0 atom stereocenters. The van der Waals surface area contributed by atoms with Crippen LogP contribution in [0.2, 0.25) is 0 Å². The number of carboxylic acids is 1. The van der Waals surface area contributed by atoms with Crippen LogP contribution in [0.15, 0.2) is 17.5 Å². The number of anilines is 1. The maximum absolute atomic E-state index is 10.6. The molecule has 2 aliphatic heterocycles. The van der Waals surface area contributed by atoms with Crippen LogP contribution in [0.4, 0.5) is 19.0 Å². The molecule has 4 rings (SSSR count). The maximum atomic E-state index is 10.6. The molecule has 0 aromatic carbocycles. The molecule has 0 amide bonds. The zero-order valence-electron chi connectivity index (χ0n) is 17.5. The molecule has 2 aliphatic rings. The van der Waals surface area contributed by atoms with Crippen LogP contribution in [0.25, 0.3) is 0 Å². The first-order valence-electron chi connectivity index (χ1n) is 10.1. The van der Waals surface area contributed by atoms with Gasteiger partial charge in [0.2, 0.25) is 0 Å². The zero-order valence-corrected chi connectivity index (χ0v) is 18.3. The van der Waals surface area contributed by atoms with Crippen LogP contribution >= 0.6 is 11.3 Å². The normalized spacial score (nSPS) is 18.7. The minimum Gasteiger partial charge on any atom is -0.475 e. The van der Waals surface area contributed by atoms with E-state index in [-0.39, 0.29) is 0 Å². The Hall–Kier alpha value is -2.27. The van der Waals surface area contributed by atoms with E-state index in [0.717, 1.165) is 31.1 Å². The third kappa shape index (κ3) is 5.91. The first kappa shape index (κ1) is 23.4. The second-order valence-electron chi connectivity index (χ2n) is 7.93. The summed E-state index contributed by atoms with van der Waals surface area (Å²) in [5, 5.41) is 19.1. The third-order valence-electron chi connectivity index (χ3n) is 5.80. The lowest BCUT2D eigenvalue weighted by Crippen LogP contribution is -2.52. The molecule has 2 fully saturated rings. The molecule has 1 spiro atoms. The summed E-state index contributed by atoms with van der Waals surface area (Å²) in [5.74, 6) is -1.73. The number of halogens is 3. The van der Waals surface area contributed by atoms with Gasteiger partial charge in [-0.1, -0.05) is 0 Å². The number of aryl methyl sites for hydroxylation is 2. The number of carbonyl (C=O) groups is 1. The van der Waals surface area contributed by atoms with Gasteiger partial charge >= 0.3 is 12.1 Å². The molecule has 2 aromatic heterocycles. The van der Waals surface area contributed by atoms with Crippen LogP contribution in [0, 0.1) is 13.8 Å². The predicted molar refractivity (Wildman–Crippen MR) is 111 cm³/mol. The minimum absolute atomic E-state index is 0.367. The fraction of sp³-hybridized carbons (Fsp3) is 0.600. The molecule has 0 radical (unpaired) electrons. The van der Waals surface area contributed by atoms with Gasteiger partial charge in [-0.15, -0.1) is 16.4 Å². The van der Waals surface area contributed by atoms with Gasteiger partial charge in [0.25, 0.3) is 0 Å². The number of aromatic nitrogens is 3. The van der Waals surface area contributed by atoms with Gasteiger partial charge in [0.05, 0.1) is 16.4 Å². The van der Waals surface area contributed by atoms with Crippen molar-refractivity contribution in [2.75, 3.05) is 24.5 Å². The molecular formula is C20H26F3N5O2S. The highest BCUT2D eigenvalue weighted by molar-refractivity contribution is 7.09. The second-order valence-corrected chi connectivity index (χ2v) is 8.99. The number of hydrogen-bond donors (Lipinski definition) is 1. The number of hydrogen-bond acceptors (Lipinski definition) is 7. The highest BCUT2D eigenvalue weighted by atomic mass is 32.1. The maximum Gasteiger partial charge on any atom is 0.490 e. The first-order chi connectivity index (χ1) is 14.6. The number of piperidine rings is 1. The number of alkyl halides is 3. The summed E-state index contributed by atoms with van der Waals surface area (Å²) in [6, 6.07) is 4.16. The Morgan fingerprint density at radius 1 is 1.16 bits per heavy atom. The van der Waals surface area contributed by atoms with Crippen molar-refractivity contribution >= 4 is 23.1 Å². The summed E-state index contributed by atoms with van der Waals surface area (Å²) < 4.78 is 31.7. The molecule has 0 bridgehead atoms. The summed E-state index contributed by atoms with van der Waals surface area (Å²) in [6.07, 6.45) is -0.0195. The van der Waals surface area contributed by atoms with E-state index in [9.17, 15) is 13.2 Å². The van der Waals surface area contributed by atoms with Gasteiger partial charge in [0.1, 0.15) is 0 Å². The average Bonchev–Trinajstić information content (AvgIpc) is 3.29. The van der Waals surface area contributed by atoms with Crippen molar-refractivity contribution in [2.45, 2.75) is 57.8 Å². The van der Waals surface area contributed by atoms with Crippen LogP contribution in [0.5, 0.6) is 0 Å². The van der Waals surface area contributed by atoms with E-state index in [2.05, 4.69) is 49.4 Å². The van der Waals surface area contributed by atoms with Crippen molar-refractivity contribution in [3.05, 3.63) is 33.9 Å². The molecule has 2 saturated heterocycles. The highest BCUT2D eigenvalue weighted by Gasteiger charge is 2.43. The van der Waals surface area contributed by atoms with Crippen molar-refractivity contribution in [1.29, 1.82) is 0 Å². The summed E-state index contributed by atoms with van der Waals surface area (Å²) in [7, 11) is 0. The lowest BCUT2D eigenvalue weighted by Gasteiger charge is -2.45. The number of carboxylic acid groups (broad SMARTS) is 1. The van der Waals surface area contributed by atoms with E-state index in [1.807, 2.05) is 6.92 Å². The van der Waals surface area contributed by atoms with Crippen LogP contribution in [0.3, 0.4) is 0 Å². The largest absolute Gasteiger partial charge is 0.490 e. The van der Waals surface area contributed by atoms with Crippen molar-refractivity contribution < 1.29 is 23.1 Å². The lowest BCUT2D eigenvalue weighted by molar-refractivity contribution is -0.192. The van der Waals surface area contributed by atoms with Crippen molar-refractivity contribution in [3.8, 4) is 0 Å². The molecule has 0 unspecified atom stereocenters. The summed E-state index contributed by atoms with van der Waals surface area (Å²) in [5.41, 5.74) is 2.59. The monoisotopic (exact) mass is 457 g/mol. The SMILES string of the molecule is Cc1ccc(N2CCC3(CCCN3Cc3csc(C)n3)CC2)nn1.O=C(O)C(F)(F)F. The number of aliphatic carboxylic acids is 1. The first-order valence-corrected chi connectivity index (χ1v) is 11.0. The van der Waals surface area contributed by atoms with Crippen molar-refractivity contribution in [1.82, 2.24) is 20.1 Å². The molecule has 11 heteroatoms. The van der Waals surface area contributed by atoms with E-state index >= 15 is 0 Å². The molecule has 31 heavy (non-hydrogen) atoms. The summed E-state index contributed by atoms with van der Waals surface area (Å²) in [4.78, 5) is 18.7. The van der Waals surface area contributed by atoms with E-state index in [4.69, 9.17) is 9.90 Å². The Morgan fingerprint density at radius 2 is 1.84 bits per heavy atom. The van der Waals surface area contributed by atoms with Gasteiger partial charge in [-0.05, 0) is 58.2 Å². The van der Waals surface area contributed by atoms with Gasteiger partial charge in [-0.25, -0.2) is 9.78 Å². The Kier molecular flexibility index (Phi) is 7.15. The summed E-state index contributed by atoms with van der Waals surface area (Å²) >= 11 is 1.76. The molecular weight excluding hydrogens is 431 g/mol. The molecule has 0 saturated carbocycles. The predicted octanol–water partition coefficient (Wildman–Crippen LogP) is 3.82. The number of likely N-dealkylation sites (tertiary alicyclic amines) is 1. The van der Waals surface area contributed by atoms with Crippen LogP contribution in [-0.2, 0) is 11.3 Å². The summed E-state index contributed by atoms with van der Waals surface area (Å²) in [6.45, 7) is 8.44. The van der Waals surface area contributed by atoms with Crippen LogP contribution in [-0.4, -0.2) is 62.5 Å². The molecule has 2 aromatic rings. The molecule has 170 valence electrons. The molecule has 7 nitrogen and oxygen atoms in total. The van der Waals surface area contributed by atoms with Crippen molar-refractivity contribution in [3.63, 3.8) is 0 Å². The number of rotatable bonds is 3. The second kappa shape index (κ2) is 9.47. The number of nitrogens with zero attached hydrogens (tertiary/aromatic N) is 5. The molecule has 4 heterocycles.